The Balaban J connectivity index is 2.04. The lowest BCUT2D eigenvalue weighted by molar-refractivity contribution is -0.129. The fourth-order valence-electron chi connectivity index (χ4n) is 1.62. The molecule has 1 aliphatic rings. The topological polar surface area (TPSA) is 46.2 Å². The average molecular weight is 314 g/mol. The van der Waals surface area contributed by atoms with Gasteiger partial charge in [-0.25, -0.2) is 0 Å². The van der Waals surface area contributed by atoms with Gasteiger partial charge < -0.3 is 5.32 Å². The van der Waals surface area contributed by atoms with E-state index < -0.39 is 5.92 Å². The molecule has 17 heavy (non-hydrogen) atoms. The Bertz CT molecular complexity index is 442. The van der Waals surface area contributed by atoms with E-state index >= 15 is 0 Å². The van der Waals surface area contributed by atoms with E-state index in [1.807, 2.05) is 12.1 Å². The summed E-state index contributed by atoms with van der Waals surface area (Å²) in [7, 11) is 0. The van der Waals surface area contributed by atoms with E-state index in [9.17, 15) is 9.59 Å². The van der Waals surface area contributed by atoms with Gasteiger partial charge in [-0.05, 0) is 31.2 Å². The number of nitrogens with one attached hydrogen (secondary N) is 1. The Morgan fingerprint density at radius 1 is 1.41 bits per heavy atom. The number of carbonyl (C=O) groups is 2. The number of halogens is 1. The van der Waals surface area contributed by atoms with Crippen molar-refractivity contribution >= 4 is 45.1 Å². The zero-order chi connectivity index (χ0) is 12.4. The normalized spacial score (nSPS) is 19.5. The van der Waals surface area contributed by atoms with Crippen LogP contribution in [-0.4, -0.2) is 22.7 Å². The Hall–Kier alpha value is -0.810. The van der Waals surface area contributed by atoms with E-state index in [0.717, 1.165) is 15.9 Å². The molecule has 0 radical (unpaired) electrons. The predicted octanol–water partition coefficient (Wildman–Crippen LogP) is 2.71. The van der Waals surface area contributed by atoms with Crippen LogP contribution >= 0.6 is 27.7 Å². The van der Waals surface area contributed by atoms with Crippen molar-refractivity contribution in [1.29, 1.82) is 0 Å². The molecule has 0 aliphatic carbocycles. The van der Waals surface area contributed by atoms with Crippen LogP contribution in [0, 0.1) is 5.92 Å². The van der Waals surface area contributed by atoms with Gasteiger partial charge in [-0.1, -0.05) is 15.9 Å². The van der Waals surface area contributed by atoms with E-state index in [2.05, 4.69) is 21.2 Å². The minimum atomic E-state index is -0.511. The summed E-state index contributed by atoms with van der Waals surface area (Å²) in [5.41, 5.74) is 0.718. The first-order chi connectivity index (χ1) is 8.08. The van der Waals surface area contributed by atoms with Gasteiger partial charge in [0.1, 0.15) is 11.7 Å². The van der Waals surface area contributed by atoms with Crippen LogP contribution in [0.2, 0.25) is 0 Å². The highest BCUT2D eigenvalue weighted by atomic mass is 79.9. The summed E-state index contributed by atoms with van der Waals surface area (Å²) in [6.07, 6.45) is 0. The van der Waals surface area contributed by atoms with Crippen LogP contribution in [0.1, 0.15) is 6.92 Å². The molecule has 0 bridgehead atoms. The maximum absolute atomic E-state index is 12.0. The summed E-state index contributed by atoms with van der Waals surface area (Å²) in [6.45, 7) is 1.48. The first-order valence-electron chi connectivity index (χ1n) is 5.26. The monoisotopic (exact) mass is 313 g/mol. The summed E-state index contributed by atoms with van der Waals surface area (Å²) in [5, 5.41) is 2.95. The number of hydrogen-bond acceptors (Lipinski definition) is 3. The highest BCUT2D eigenvalue weighted by Crippen LogP contribution is 2.37. The van der Waals surface area contributed by atoms with Crippen LogP contribution in [-0.2, 0) is 9.59 Å². The van der Waals surface area contributed by atoms with E-state index in [4.69, 9.17) is 0 Å². The number of anilines is 1. The highest BCUT2D eigenvalue weighted by molar-refractivity contribution is 9.10. The van der Waals surface area contributed by atoms with Gasteiger partial charge in [0.05, 0.1) is 0 Å². The van der Waals surface area contributed by atoms with Gasteiger partial charge in [0.15, 0.2) is 0 Å². The fourth-order valence-corrected chi connectivity index (χ4v) is 2.69. The summed E-state index contributed by atoms with van der Waals surface area (Å²) >= 11 is 4.98. The average Bonchev–Trinajstić information content (AvgIpc) is 3.05. The van der Waals surface area contributed by atoms with Crippen LogP contribution < -0.4 is 5.32 Å². The van der Waals surface area contributed by atoms with Gasteiger partial charge in [-0.2, -0.15) is 11.8 Å². The first kappa shape index (κ1) is 12.6. The van der Waals surface area contributed by atoms with E-state index in [0.29, 0.717) is 0 Å². The minimum absolute atomic E-state index is 0.0605. The van der Waals surface area contributed by atoms with Gasteiger partial charge in [0, 0.05) is 21.2 Å². The quantitative estimate of drug-likeness (QED) is 0.686. The van der Waals surface area contributed by atoms with Crippen LogP contribution in [0.25, 0.3) is 0 Å². The predicted molar refractivity (Wildman–Crippen MR) is 73.2 cm³/mol. The molecule has 2 rings (SSSR count). The lowest BCUT2D eigenvalue weighted by Crippen LogP contribution is -2.31. The van der Waals surface area contributed by atoms with Gasteiger partial charge in [-0.3, -0.25) is 9.59 Å². The molecule has 1 amide bonds. The third kappa shape index (κ3) is 3.33. The molecule has 1 aromatic rings. The second-order valence-corrected chi connectivity index (χ2v) is 6.14. The third-order valence-electron chi connectivity index (χ3n) is 2.56. The number of thioether (sulfide) groups is 1. The summed E-state index contributed by atoms with van der Waals surface area (Å²) in [6, 6.07) is 7.31. The Morgan fingerprint density at radius 3 is 2.47 bits per heavy atom. The van der Waals surface area contributed by atoms with E-state index in [-0.39, 0.29) is 16.9 Å². The molecule has 1 aromatic carbocycles. The van der Waals surface area contributed by atoms with Gasteiger partial charge >= 0.3 is 0 Å². The van der Waals surface area contributed by atoms with Crippen LogP contribution in [0.15, 0.2) is 28.7 Å². The summed E-state index contributed by atoms with van der Waals surface area (Å²) < 4.78 is 0.955. The standard InChI is InChI=1S/C12H12BrNO2S/c1-7(15)11(10-6-17-10)12(16)14-9-4-2-8(13)3-5-9/h2-5,10-11H,6H2,1H3,(H,14,16). The lowest BCUT2D eigenvalue weighted by atomic mass is 10.0. The molecule has 3 nitrogen and oxygen atoms in total. The van der Waals surface area contributed by atoms with Crippen molar-refractivity contribution in [2.24, 2.45) is 5.92 Å². The van der Waals surface area contributed by atoms with Crippen LogP contribution in [0.5, 0.6) is 0 Å². The minimum Gasteiger partial charge on any atom is -0.325 e. The van der Waals surface area contributed by atoms with Crippen LogP contribution in [0.4, 0.5) is 5.69 Å². The van der Waals surface area contributed by atoms with Gasteiger partial charge in [0.2, 0.25) is 5.91 Å². The summed E-state index contributed by atoms with van der Waals surface area (Å²) in [5.74, 6) is 0.131. The molecule has 1 saturated heterocycles. The Morgan fingerprint density at radius 2 is 2.00 bits per heavy atom. The Labute approximate surface area is 112 Å². The van der Waals surface area contributed by atoms with Gasteiger partial charge in [-0.15, -0.1) is 0 Å². The third-order valence-corrected chi connectivity index (χ3v) is 4.08. The van der Waals surface area contributed by atoms with Crippen molar-refractivity contribution in [2.75, 3.05) is 11.1 Å². The zero-order valence-corrected chi connectivity index (χ0v) is 11.7. The van der Waals surface area contributed by atoms with Crippen LogP contribution in [0.3, 0.4) is 0 Å². The lowest BCUT2D eigenvalue weighted by Gasteiger charge is -2.12. The second kappa shape index (κ2) is 5.23. The molecule has 5 heteroatoms. The molecule has 0 aromatic heterocycles. The van der Waals surface area contributed by atoms with Crippen molar-refractivity contribution < 1.29 is 9.59 Å². The van der Waals surface area contributed by atoms with Crippen molar-refractivity contribution in [3.05, 3.63) is 28.7 Å². The van der Waals surface area contributed by atoms with Crippen molar-refractivity contribution in [2.45, 2.75) is 12.2 Å². The fraction of sp³-hybridized carbons (Fsp3) is 0.333. The first-order valence-corrected chi connectivity index (χ1v) is 7.10. The van der Waals surface area contributed by atoms with Crippen molar-refractivity contribution in [3.8, 4) is 0 Å². The molecule has 0 saturated carbocycles. The van der Waals surface area contributed by atoms with E-state index in [1.54, 1.807) is 23.9 Å². The molecule has 1 fully saturated rings. The van der Waals surface area contributed by atoms with Gasteiger partial charge in [0.25, 0.3) is 0 Å². The number of hydrogen-bond donors (Lipinski definition) is 1. The SMILES string of the molecule is CC(=O)C(C(=O)Nc1ccc(Br)cc1)C1CS1. The molecule has 90 valence electrons. The Kier molecular flexibility index (Phi) is 3.89. The number of benzene rings is 1. The molecule has 1 N–H and O–H groups in total. The number of ketones is 1. The largest absolute Gasteiger partial charge is 0.325 e. The number of amides is 1. The molecule has 2 atom stereocenters. The maximum Gasteiger partial charge on any atom is 0.236 e. The maximum atomic E-state index is 12.0. The highest BCUT2D eigenvalue weighted by Gasteiger charge is 2.40. The molecular weight excluding hydrogens is 302 g/mol. The van der Waals surface area contributed by atoms with Crippen molar-refractivity contribution in [1.82, 2.24) is 0 Å². The van der Waals surface area contributed by atoms with Crippen molar-refractivity contribution in [3.63, 3.8) is 0 Å². The smallest absolute Gasteiger partial charge is 0.236 e. The van der Waals surface area contributed by atoms with E-state index in [1.165, 1.54) is 6.92 Å². The molecule has 0 spiro atoms. The molecule has 1 heterocycles. The number of carbonyl (C=O) groups excluding carboxylic acids is 2. The molecular formula is C12H12BrNO2S. The second-order valence-electron chi connectivity index (χ2n) is 3.96. The number of Topliss-reactive ketones (excluding diaryl/α,β-unsaturated/α-hetero) is 1. The summed E-state index contributed by atoms with van der Waals surface area (Å²) in [4.78, 5) is 23.4. The number of rotatable bonds is 4. The molecule has 1 aliphatic heterocycles. The molecule has 2 unspecified atom stereocenters. The zero-order valence-electron chi connectivity index (χ0n) is 9.27.